The maximum Gasteiger partial charge on any atom is 0.246 e. The summed E-state index contributed by atoms with van der Waals surface area (Å²) in [4.78, 5) is 0. The van der Waals surface area contributed by atoms with E-state index in [1.165, 1.54) is 0 Å². The van der Waals surface area contributed by atoms with Crippen molar-refractivity contribution in [1.29, 1.82) is 0 Å². The fourth-order valence-corrected chi connectivity index (χ4v) is 1.51. The normalized spacial score (nSPS) is 13.5. The van der Waals surface area contributed by atoms with E-state index in [-0.39, 0.29) is 6.54 Å². The van der Waals surface area contributed by atoms with Crippen molar-refractivity contribution in [3.63, 3.8) is 0 Å². The van der Waals surface area contributed by atoms with Crippen LogP contribution in [0.1, 0.15) is 36.8 Å². The first-order chi connectivity index (χ1) is 7.06. The van der Waals surface area contributed by atoms with Gasteiger partial charge in [-0.15, -0.1) is 0 Å². The molecule has 0 aliphatic rings. The molecule has 1 rings (SSSR count). The van der Waals surface area contributed by atoms with Gasteiger partial charge >= 0.3 is 0 Å². The second-order valence-electron chi connectivity index (χ2n) is 4.00. The fourth-order valence-electron chi connectivity index (χ4n) is 1.51. The molecule has 15 heavy (non-hydrogen) atoms. The third-order valence-corrected chi connectivity index (χ3v) is 2.59. The number of halogens is 2. The van der Waals surface area contributed by atoms with Gasteiger partial charge in [-0.1, -0.05) is 38.1 Å². The summed E-state index contributed by atoms with van der Waals surface area (Å²) in [6, 6.07) is 7.29. The van der Waals surface area contributed by atoms with Crippen molar-refractivity contribution < 1.29 is 8.78 Å². The second-order valence-corrected chi connectivity index (χ2v) is 4.00. The molecule has 0 amide bonds. The van der Waals surface area contributed by atoms with Gasteiger partial charge in [-0.2, -0.15) is 0 Å². The SMILES string of the molecule is CC(C)c1ccc(C(CN)C(F)F)cc1. The van der Waals surface area contributed by atoms with Crippen LogP contribution in [-0.4, -0.2) is 13.0 Å². The van der Waals surface area contributed by atoms with E-state index in [1.807, 2.05) is 12.1 Å². The zero-order chi connectivity index (χ0) is 11.4. The van der Waals surface area contributed by atoms with Crippen LogP contribution >= 0.6 is 0 Å². The summed E-state index contributed by atoms with van der Waals surface area (Å²) in [5.74, 6) is -0.423. The van der Waals surface area contributed by atoms with Crippen molar-refractivity contribution >= 4 is 0 Å². The molecule has 3 heteroatoms. The predicted molar refractivity (Wildman–Crippen MR) is 58.3 cm³/mol. The van der Waals surface area contributed by atoms with Crippen LogP contribution in [0.4, 0.5) is 8.78 Å². The zero-order valence-electron chi connectivity index (χ0n) is 9.08. The van der Waals surface area contributed by atoms with Crippen LogP contribution in [0.5, 0.6) is 0 Å². The molecule has 84 valence electrons. The third-order valence-electron chi connectivity index (χ3n) is 2.59. The molecule has 0 bridgehead atoms. The molecule has 0 fully saturated rings. The molecule has 1 aromatic rings. The smallest absolute Gasteiger partial charge is 0.246 e. The summed E-state index contributed by atoms with van der Waals surface area (Å²) in [7, 11) is 0. The lowest BCUT2D eigenvalue weighted by Crippen LogP contribution is -2.19. The summed E-state index contributed by atoms with van der Waals surface area (Å²) in [5.41, 5.74) is 7.10. The maximum atomic E-state index is 12.6. The number of hydrogen-bond acceptors (Lipinski definition) is 1. The molecule has 0 radical (unpaired) electrons. The summed E-state index contributed by atoms with van der Waals surface area (Å²) in [6.45, 7) is 4.13. The van der Waals surface area contributed by atoms with Gasteiger partial charge in [0, 0.05) is 6.54 Å². The van der Waals surface area contributed by atoms with E-state index in [1.54, 1.807) is 12.1 Å². The molecule has 0 aromatic heterocycles. The third kappa shape index (κ3) is 2.99. The number of hydrogen-bond donors (Lipinski definition) is 1. The van der Waals surface area contributed by atoms with E-state index in [0.717, 1.165) is 5.56 Å². The van der Waals surface area contributed by atoms with Crippen molar-refractivity contribution in [2.45, 2.75) is 32.1 Å². The first kappa shape index (κ1) is 12.1. The highest BCUT2D eigenvalue weighted by Crippen LogP contribution is 2.24. The lowest BCUT2D eigenvalue weighted by Gasteiger charge is -2.15. The van der Waals surface area contributed by atoms with E-state index in [0.29, 0.717) is 11.5 Å². The van der Waals surface area contributed by atoms with Crippen LogP contribution in [0.15, 0.2) is 24.3 Å². The lowest BCUT2D eigenvalue weighted by molar-refractivity contribution is 0.117. The summed E-state index contributed by atoms with van der Waals surface area (Å²) in [5, 5.41) is 0. The maximum absolute atomic E-state index is 12.6. The van der Waals surface area contributed by atoms with E-state index in [4.69, 9.17) is 5.73 Å². The van der Waals surface area contributed by atoms with Crippen LogP contribution in [0.2, 0.25) is 0 Å². The van der Waals surface area contributed by atoms with Crippen LogP contribution < -0.4 is 5.73 Å². The van der Waals surface area contributed by atoms with Crippen molar-refractivity contribution in [2.75, 3.05) is 6.54 Å². The van der Waals surface area contributed by atoms with Crippen LogP contribution in [0.3, 0.4) is 0 Å². The minimum atomic E-state index is -2.39. The Kier molecular flexibility index (Phi) is 4.21. The second kappa shape index (κ2) is 5.21. The minimum absolute atomic E-state index is 0.0152. The quantitative estimate of drug-likeness (QED) is 0.817. The van der Waals surface area contributed by atoms with Crippen LogP contribution in [-0.2, 0) is 0 Å². The monoisotopic (exact) mass is 213 g/mol. The number of alkyl halides is 2. The molecule has 0 aliphatic heterocycles. The number of rotatable bonds is 4. The molecule has 1 unspecified atom stereocenters. The first-order valence-electron chi connectivity index (χ1n) is 5.14. The Morgan fingerprint density at radius 2 is 1.53 bits per heavy atom. The molecule has 1 atom stereocenters. The van der Waals surface area contributed by atoms with Crippen LogP contribution in [0.25, 0.3) is 0 Å². The Labute approximate surface area is 89.3 Å². The van der Waals surface area contributed by atoms with Gasteiger partial charge in [0.15, 0.2) is 0 Å². The van der Waals surface area contributed by atoms with E-state index in [2.05, 4.69) is 13.8 Å². The van der Waals surface area contributed by atoms with Gasteiger partial charge < -0.3 is 5.73 Å². The topological polar surface area (TPSA) is 26.0 Å². The molecule has 1 nitrogen and oxygen atoms in total. The molecule has 0 spiro atoms. The van der Waals surface area contributed by atoms with Crippen molar-refractivity contribution in [2.24, 2.45) is 5.73 Å². The Morgan fingerprint density at radius 3 is 1.87 bits per heavy atom. The zero-order valence-corrected chi connectivity index (χ0v) is 9.08. The van der Waals surface area contributed by atoms with Crippen molar-refractivity contribution in [3.05, 3.63) is 35.4 Å². The van der Waals surface area contributed by atoms with E-state index < -0.39 is 12.3 Å². The van der Waals surface area contributed by atoms with E-state index >= 15 is 0 Å². The summed E-state index contributed by atoms with van der Waals surface area (Å²) in [6.07, 6.45) is -2.39. The predicted octanol–water partition coefficient (Wildman–Crippen LogP) is 3.12. The molecule has 1 aromatic carbocycles. The highest BCUT2D eigenvalue weighted by atomic mass is 19.3. The van der Waals surface area contributed by atoms with Gasteiger partial charge in [0.05, 0.1) is 5.92 Å². The summed E-state index contributed by atoms with van der Waals surface area (Å²) >= 11 is 0. The van der Waals surface area contributed by atoms with Crippen molar-refractivity contribution in [1.82, 2.24) is 0 Å². The largest absolute Gasteiger partial charge is 0.330 e. The van der Waals surface area contributed by atoms with Gasteiger partial charge in [-0.3, -0.25) is 0 Å². The molecule has 0 saturated heterocycles. The average molecular weight is 213 g/mol. The average Bonchev–Trinajstić information content (AvgIpc) is 2.19. The standard InChI is InChI=1S/C12H17F2N/c1-8(2)9-3-5-10(6-4-9)11(7-15)12(13)14/h3-6,8,11-12H,7,15H2,1-2H3. The number of benzene rings is 1. The number of nitrogens with two attached hydrogens (primary N) is 1. The van der Waals surface area contributed by atoms with Gasteiger partial charge in [0.2, 0.25) is 6.43 Å². The molecular weight excluding hydrogens is 196 g/mol. The van der Waals surface area contributed by atoms with Gasteiger partial charge in [0.25, 0.3) is 0 Å². The Bertz CT molecular complexity index is 293. The molecule has 0 saturated carbocycles. The fraction of sp³-hybridized carbons (Fsp3) is 0.500. The summed E-state index contributed by atoms with van der Waals surface area (Å²) < 4.78 is 25.1. The lowest BCUT2D eigenvalue weighted by atomic mass is 9.95. The van der Waals surface area contributed by atoms with Gasteiger partial charge in [-0.25, -0.2) is 8.78 Å². The van der Waals surface area contributed by atoms with Gasteiger partial charge in [0.1, 0.15) is 0 Å². The van der Waals surface area contributed by atoms with Gasteiger partial charge in [-0.05, 0) is 17.0 Å². The highest BCUT2D eigenvalue weighted by molar-refractivity contribution is 5.27. The highest BCUT2D eigenvalue weighted by Gasteiger charge is 2.20. The molecular formula is C12H17F2N. The Hall–Kier alpha value is -0.960. The van der Waals surface area contributed by atoms with Crippen LogP contribution in [0, 0.1) is 0 Å². The Balaban J connectivity index is 2.87. The Morgan fingerprint density at radius 1 is 1.07 bits per heavy atom. The van der Waals surface area contributed by atoms with E-state index in [9.17, 15) is 8.78 Å². The molecule has 0 aliphatic carbocycles. The molecule has 0 heterocycles. The minimum Gasteiger partial charge on any atom is -0.330 e. The van der Waals surface area contributed by atoms with Crippen molar-refractivity contribution in [3.8, 4) is 0 Å². The first-order valence-corrected chi connectivity index (χ1v) is 5.14. The molecule has 2 N–H and O–H groups in total.